The molecule has 3 aromatic heterocycles. The van der Waals surface area contributed by atoms with Crippen LogP contribution in [0.15, 0.2) is 53.4 Å². The van der Waals surface area contributed by atoms with Gasteiger partial charge in [0.05, 0.1) is 22.8 Å². The van der Waals surface area contributed by atoms with Crippen molar-refractivity contribution in [2.24, 2.45) is 0 Å². The highest BCUT2D eigenvalue weighted by Crippen LogP contribution is 2.29. The number of benzene rings is 1. The first-order valence-corrected chi connectivity index (χ1v) is 9.81. The number of rotatable bonds is 6. The van der Waals surface area contributed by atoms with E-state index in [1.807, 2.05) is 6.07 Å². The van der Waals surface area contributed by atoms with E-state index < -0.39 is 11.7 Å². The Hall–Kier alpha value is -4.10. The molecule has 3 heterocycles. The number of carbonyl (C=O) groups is 1. The van der Waals surface area contributed by atoms with Crippen molar-refractivity contribution in [2.45, 2.75) is 19.5 Å². The highest BCUT2D eigenvalue weighted by Gasteiger charge is 2.19. The topological polar surface area (TPSA) is 123 Å². The molecule has 4 aromatic rings. The second-order valence-corrected chi connectivity index (χ2v) is 7.24. The Bertz CT molecular complexity index is 1310. The molecule has 0 bridgehead atoms. The molecule has 1 N–H and O–H groups in total. The van der Waals surface area contributed by atoms with E-state index in [4.69, 9.17) is 21.4 Å². The monoisotopic (exact) mass is 451 g/mol. The van der Waals surface area contributed by atoms with Gasteiger partial charge < -0.3 is 9.84 Å². The summed E-state index contributed by atoms with van der Waals surface area (Å²) in [6.45, 7) is 2.08. The van der Waals surface area contributed by atoms with Gasteiger partial charge in [0.2, 0.25) is 5.82 Å². The minimum atomic E-state index is -0.710. The lowest BCUT2D eigenvalue weighted by Gasteiger charge is -2.12. The van der Waals surface area contributed by atoms with Gasteiger partial charge in [-0.25, -0.2) is 4.39 Å². The molecule has 0 radical (unpaired) electrons. The van der Waals surface area contributed by atoms with Gasteiger partial charge >= 0.3 is 11.8 Å². The van der Waals surface area contributed by atoms with Crippen molar-refractivity contribution in [2.75, 3.05) is 0 Å². The maximum atomic E-state index is 14.5. The van der Waals surface area contributed by atoms with Crippen molar-refractivity contribution in [1.29, 1.82) is 5.26 Å². The molecule has 32 heavy (non-hydrogen) atoms. The predicted molar refractivity (Wildman–Crippen MR) is 112 cm³/mol. The summed E-state index contributed by atoms with van der Waals surface area (Å²) in [5.74, 6) is -1.16. The number of halogens is 2. The van der Waals surface area contributed by atoms with E-state index in [0.717, 1.165) is 0 Å². The molecule has 1 atom stereocenters. The van der Waals surface area contributed by atoms with Gasteiger partial charge in [-0.1, -0.05) is 16.8 Å². The number of pyridine rings is 1. The van der Waals surface area contributed by atoms with E-state index in [1.54, 1.807) is 48.4 Å². The summed E-state index contributed by atoms with van der Waals surface area (Å²) in [6.07, 6.45) is 4.83. The quantitative estimate of drug-likeness (QED) is 0.476. The highest BCUT2D eigenvalue weighted by atomic mass is 35.5. The first-order chi connectivity index (χ1) is 15.5. The van der Waals surface area contributed by atoms with Crippen molar-refractivity contribution in [3.8, 4) is 28.7 Å². The maximum absolute atomic E-state index is 14.5. The molecule has 0 aliphatic heterocycles. The van der Waals surface area contributed by atoms with Crippen molar-refractivity contribution in [1.82, 2.24) is 30.2 Å². The molecule has 0 saturated heterocycles. The molecule has 1 aromatic carbocycles. The van der Waals surface area contributed by atoms with Crippen LogP contribution in [0.4, 0.5) is 4.39 Å². The molecule has 0 unspecified atom stereocenters. The minimum absolute atomic E-state index is 0.0522. The molecule has 9 nitrogen and oxygen atoms in total. The predicted octanol–water partition coefficient (Wildman–Crippen LogP) is 3.48. The van der Waals surface area contributed by atoms with Gasteiger partial charge in [-0.2, -0.15) is 15.3 Å². The third kappa shape index (κ3) is 4.33. The molecular weight excluding hydrogens is 437 g/mol. The second-order valence-electron chi connectivity index (χ2n) is 6.86. The van der Waals surface area contributed by atoms with Gasteiger partial charge in [0.25, 0.3) is 0 Å². The Morgan fingerprint density at radius 1 is 1.38 bits per heavy atom. The smallest absolute Gasteiger partial charge is 0.316 e. The largest absolute Gasteiger partial charge is 0.344 e. The Balaban J connectivity index is 1.41. The van der Waals surface area contributed by atoms with E-state index in [1.165, 1.54) is 12.1 Å². The first kappa shape index (κ1) is 21.1. The molecule has 0 aliphatic carbocycles. The summed E-state index contributed by atoms with van der Waals surface area (Å²) in [7, 11) is 0. The standard InChI is InChI=1S/C21H15ClFN7O2/c1-12(26-20(31)21-27-19(29-32-21)14-3-2-7-25-10-14)11-30-8-6-16(28-30)15-5-4-13(9-24)17(22)18(15)23/h2-8,10,12H,11H2,1H3,(H,26,31)/t12-/m0/s1. The number of hydrogen-bond donors (Lipinski definition) is 1. The maximum Gasteiger partial charge on any atom is 0.316 e. The number of nitriles is 1. The number of carbonyl (C=O) groups excluding carboxylic acids is 1. The number of nitrogens with one attached hydrogen (secondary N) is 1. The third-order valence-corrected chi connectivity index (χ3v) is 4.87. The molecule has 0 aliphatic rings. The zero-order chi connectivity index (χ0) is 22.7. The van der Waals surface area contributed by atoms with Crippen LogP contribution < -0.4 is 5.32 Å². The van der Waals surface area contributed by atoms with Crippen molar-refractivity contribution in [3.05, 3.63) is 71.2 Å². The Morgan fingerprint density at radius 3 is 2.97 bits per heavy atom. The Kier molecular flexibility index (Phi) is 5.91. The zero-order valence-corrected chi connectivity index (χ0v) is 17.4. The van der Waals surface area contributed by atoms with E-state index in [2.05, 4.69) is 25.5 Å². The van der Waals surface area contributed by atoms with Crippen LogP contribution in [0.25, 0.3) is 22.6 Å². The summed E-state index contributed by atoms with van der Waals surface area (Å²) in [5.41, 5.74) is 1.21. The van der Waals surface area contributed by atoms with E-state index in [0.29, 0.717) is 17.8 Å². The molecule has 0 saturated carbocycles. The molecule has 160 valence electrons. The lowest BCUT2D eigenvalue weighted by Crippen LogP contribution is -2.36. The number of hydrogen-bond acceptors (Lipinski definition) is 7. The first-order valence-electron chi connectivity index (χ1n) is 9.43. The van der Waals surface area contributed by atoms with Gasteiger partial charge in [0, 0.05) is 35.8 Å². The minimum Gasteiger partial charge on any atom is -0.344 e. The summed E-state index contributed by atoms with van der Waals surface area (Å²) in [6, 6.07) is 9.47. The van der Waals surface area contributed by atoms with Crippen LogP contribution in [-0.4, -0.2) is 36.9 Å². The van der Waals surface area contributed by atoms with Crippen LogP contribution >= 0.6 is 11.6 Å². The summed E-state index contributed by atoms with van der Waals surface area (Å²) in [5, 5.41) is 19.6. The van der Waals surface area contributed by atoms with Crippen LogP contribution in [0.5, 0.6) is 0 Å². The average Bonchev–Trinajstić information content (AvgIpc) is 3.46. The van der Waals surface area contributed by atoms with Gasteiger partial charge in [-0.05, 0) is 37.3 Å². The van der Waals surface area contributed by atoms with Crippen LogP contribution in [-0.2, 0) is 6.54 Å². The van der Waals surface area contributed by atoms with E-state index >= 15 is 0 Å². The molecule has 0 fully saturated rings. The third-order valence-electron chi connectivity index (χ3n) is 4.50. The van der Waals surface area contributed by atoms with Gasteiger partial charge in [0.15, 0.2) is 5.82 Å². The number of aromatic nitrogens is 5. The highest BCUT2D eigenvalue weighted by molar-refractivity contribution is 6.32. The van der Waals surface area contributed by atoms with E-state index in [9.17, 15) is 9.18 Å². The fourth-order valence-electron chi connectivity index (χ4n) is 2.98. The summed E-state index contributed by atoms with van der Waals surface area (Å²) >= 11 is 5.89. The van der Waals surface area contributed by atoms with E-state index in [-0.39, 0.29) is 33.9 Å². The average molecular weight is 452 g/mol. The molecule has 1 amide bonds. The second kappa shape index (κ2) is 8.95. The fraction of sp³-hybridized carbons (Fsp3) is 0.143. The van der Waals surface area contributed by atoms with Crippen LogP contribution in [0, 0.1) is 17.1 Å². The number of amides is 1. The van der Waals surface area contributed by atoms with Crippen molar-refractivity contribution in [3.63, 3.8) is 0 Å². The van der Waals surface area contributed by atoms with Gasteiger partial charge in [-0.3, -0.25) is 14.5 Å². The molecule has 4 rings (SSSR count). The molecular formula is C21H15ClFN7O2. The normalized spacial score (nSPS) is 11.7. The van der Waals surface area contributed by atoms with Gasteiger partial charge in [0.1, 0.15) is 6.07 Å². The Labute approximate surface area is 186 Å². The van der Waals surface area contributed by atoms with Gasteiger partial charge in [-0.15, -0.1) is 0 Å². The van der Waals surface area contributed by atoms with Crippen LogP contribution in [0.1, 0.15) is 23.2 Å². The summed E-state index contributed by atoms with van der Waals surface area (Å²) < 4.78 is 21.1. The fourth-order valence-corrected chi connectivity index (χ4v) is 3.19. The van der Waals surface area contributed by atoms with Crippen molar-refractivity contribution >= 4 is 17.5 Å². The van der Waals surface area contributed by atoms with Crippen LogP contribution in [0.3, 0.4) is 0 Å². The molecule has 11 heteroatoms. The van der Waals surface area contributed by atoms with Crippen molar-refractivity contribution < 1.29 is 13.7 Å². The SMILES string of the molecule is C[C@@H](Cn1ccc(-c2ccc(C#N)c(Cl)c2F)n1)NC(=O)c1nc(-c2cccnc2)no1. The van der Waals surface area contributed by atoms with Crippen LogP contribution in [0.2, 0.25) is 5.02 Å². The molecule has 0 spiro atoms. The summed E-state index contributed by atoms with van der Waals surface area (Å²) in [4.78, 5) is 20.5. The lowest BCUT2D eigenvalue weighted by molar-refractivity contribution is 0.0891. The zero-order valence-electron chi connectivity index (χ0n) is 16.7. The lowest BCUT2D eigenvalue weighted by atomic mass is 10.1. The number of nitrogens with zero attached hydrogens (tertiary/aromatic N) is 6. The Morgan fingerprint density at radius 2 is 2.22 bits per heavy atom.